The van der Waals surface area contributed by atoms with Crippen LogP contribution >= 0.6 is 23.4 Å². The molecule has 2 N–H and O–H groups in total. The third-order valence-electron chi connectivity index (χ3n) is 2.42. The van der Waals surface area contributed by atoms with E-state index in [9.17, 15) is 0 Å². The zero-order valence-corrected chi connectivity index (χ0v) is 12.7. The molecule has 0 amide bonds. The minimum atomic E-state index is -0.130. The van der Waals surface area contributed by atoms with Crippen molar-refractivity contribution in [2.75, 3.05) is 5.73 Å². The lowest BCUT2D eigenvalue weighted by Gasteiger charge is -2.10. The van der Waals surface area contributed by atoms with Crippen molar-refractivity contribution in [2.24, 2.45) is 0 Å². The van der Waals surface area contributed by atoms with E-state index in [2.05, 4.69) is 10.2 Å². The molecule has 0 bridgehead atoms. The zero-order chi connectivity index (χ0) is 14.0. The lowest BCUT2D eigenvalue weighted by atomic mass is 9.97. The summed E-state index contributed by atoms with van der Waals surface area (Å²) in [5.41, 5.74) is 6.18. The number of nitrogens with two attached hydrogens (primary N) is 1. The van der Waals surface area contributed by atoms with Crippen molar-refractivity contribution in [2.45, 2.75) is 36.8 Å². The normalized spacial score (nSPS) is 11.8. The first-order chi connectivity index (χ1) is 8.86. The highest BCUT2D eigenvalue weighted by atomic mass is 35.5. The third kappa shape index (κ3) is 3.64. The molecule has 102 valence electrons. The Kier molecular flexibility index (Phi) is 4.06. The number of halogens is 1. The molecule has 2 aromatic rings. The Morgan fingerprint density at radius 3 is 2.63 bits per heavy atom. The van der Waals surface area contributed by atoms with Gasteiger partial charge in [-0.15, -0.1) is 22.0 Å². The number of thioether (sulfide) groups is 1. The van der Waals surface area contributed by atoms with E-state index in [0.29, 0.717) is 28.2 Å². The van der Waals surface area contributed by atoms with Crippen molar-refractivity contribution in [1.29, 1.82) is 0 Å². The smallest absolute Gasteiger partial charge is 0.226 e. The van der Waals surface area contributed by atoms with Crippen LogP contribution in [0.25, 0.3) is 0 Å². The van der Waals surface area contributed by atoms with Crippen LogP contribution in [0.1, 0.15) is 32.6 Å². The lowest BCUT2D eigenvalue weighted by molar-refractivity contribution is 0.378. The largest absolute Gasteiger partial charge is 0.424 e. The summed E-state index contributed by atoms with van der Waals surface area (Å²) >= 11 is 7.66. The number of aromatic nitrogens is 2. The molecule has 0 unspecified atom stereocenters. The van der Waals surface area contributed by atoms with E-state index in [0.717, 1.165) is 4.90 Å². The molecule has 1 heterocycles. The first kappa shape index (κ1) is 14.2. The molecule has 6 heteroatoms. The van der Waals surface area contributed by atoms with Crippen LogP contribution in [0.15, 0.2) is 27.5 Å². The topological polar surface area (TPSA) is 64.9 Å². The summed E-state index contributed by atoms with van der Waals surface area (Å²) < 4.78 is 5.62. The predicted molar refractivity (Wildman–Crippen MR) is 78.4 cm³/mol. The average Bonchev–Trinajstić information content (AvgIpc) is 2.76. The molecular formula is C13H16ClN3OS. The Balaban J connectivity index is 2.04. The van der Waals surface area contributed by atoms with Gasteiger partial charge in [0.1, 0.15) is 0 Å². The first-order valence-corrected chi connectivity index (χ1v) is 7.23. The maximum absolute atomic E-state index is 6.11. The Labute approximate surface area is 121 Å². The SMILES string of the molecule is CC(C)(C)c1nnc(CSc2ccc(N)cc2Cl)o1. The molecule has 0 saturated carbocycles. The van der Waals surface area contributed by atoms with Crippen molar-refractivity contribution in [3.05, 3.63) is 35.0 Å². The van der Waals surface area contributed by atoms with Gasteiger partial charge in [0.15, 0.2) is 0 Å². The van der Waals surface area contributed by atoms with Crippen LogP contribution in [0.4, 0.5) is 5.69 Å². The van der Waals surface area contributed by atoms with Crippen molar-refractivity contribution in [3.63, 3.8) is 0 Å². The number of nitrogen functional groups attached to an aromatic ring is 1. The van der Waals surface area contributed by atoms with Gasteiger partial charge in [0.2, 0.25) is 11.8 Å². The highest BCUT2D eigenvalue weighted by Crippen LogP contribution is 2.31. The van der Waals surface area contributed by atoms with Crippen LogP contribution in [0.2, 0.25) is 5.02 Å². The van der Waals surface area contributed by atoms with Crippen LogP contribution < -0.4 is 5.73 Å². The minimum Gasteiger partial charge on any atom is -0.424 e. The maximum Gasteiger partial charge on any atom is 0.226 e. The van der Waals surface area contributed by atoms with E-state index < -0.39 is 0 Å². The van der Waals surface area contributed by atoms with Gasteiger partial charge in [-0.3, -0.25) is 0 Å². The number of nitrogens with zero attached hydrogens (tertiary/aromatic N) is 2. The van der Waals surface area contributed by atoms with E-state index in [1.807, 2.05) is 32.9 Å². The van der Waals surface area contributed by atoms with Gasteiger partial charge >= 0.3 is 0 Å². The van der Waals surface area contributed by atoms with Crippen molar-refractivity contribution >= 4 is 29.1 Å². The first-order valence-electron chi connectivity index (χ1n) is 5.87. The molecule has 0 radical (unpaired) electrons. The molecule has 2 rings (SSSR count). The summed E-state index contributed by atoms with van der Waals surface area (Å²) in [7, 11) is 0. The van der Waals surface area contributed by atoms with Crippen molar-refractivity contribution < 1.29 is 4.42 Å². The molecule has 1 aromatic heterocycles. The fraction of sp³-hybridized carbons (Fsp3) is 0.385. The van der Waals surface area contributed by atoms with E-state index >= 15 is 0 Å². The number of hydrogen-bond donors (Lipinski definition) is 1. The highest BCUT2D eigenvalue weighted by Gasteiger charge is 2.21. The molecule has 19 heavy (non-hydrogen) atoms. The summed E-state index contributed by atoms with van der Waals surface area (Å²) in [6, 6.07) is 5.45. The number of anilines is 1. The predicted octanol–water partition coefficient (Wildman–Crippen LogP) is 3.90. The molecule has 0 saturated heterocycles. The third-order valence-corrected chi connectivity index (χ3v) is 3.90. The summed E-state index contributed by atoms with van der Waals surface area (Å²) in [5.74, 6) is 1.83. The van der Waals surface area contributed by atoms with Crippen LogP contribution in [0, 0.1) is 0 Å². The van der Waals surface area contributed by atoms with Crippen molar-refractivity contribution in [1.82, 2.24) is 10.2 Å². The van der Waals surface area contributed by atoms with Gasteiger partial charge in [0, 0.05) is 16.0 Å². The Morgan fingerprint density at radius 1 is 1.32 bits per heavy atom. The standard InChI is InChI=1S/C13H16ClN3OS/c1-13(2,3)12-17-16-11(18-12)7-19-10-5-4-8(15)6-9(10)14/h4-6H,7,15H2,1-3H3. The second-order valence-corrected chi connectivity index (χ2v) is 6.65. The molecule has 0 fully saturated rings. The lowest BCUT2D eigenvalue weighted by Crippen LogP contribution is -2.11. The Hall–Kier alpha value is -1.20. The highest BCUT2D eigenvalue weighted by molar-refractivity contribution is 7.98. The van der Waals surface area contributed by atoms with E-state index in [1.165, 1.54) is 0 Å². The molecule has 0 atom stereocenters. The molecule has 0 aliphatic heterocycles. The van der Waals surface area contributed by atoms with E-state index in [1.54, 1.807) is 17.8 Å². The molecule has 0 aliphatic carbocycles. The van der Waals surface area contributed by atoms with Gasteiger partial charge in [0.25, 0.3) is 0 Å². The van der Waals surface area contributed by atoms with Crippen LogP contribution in [-0.2, 0) is 11.2 Å². The Morgan fingerprint density at radius 2 is 2.05 bits per heavy atom. The maximum atomic E-state index is 6.11. The quantitative estimate of drug-likeness (QED) is 0.687. The average molecular weight is 298 g/mol. The van der Waals surface area contributed by atoms with Gasteiger partial charge in [-0.25, -0.2) is 0 Å². The van der Waals surface area contributed by atoms with Gasteiger partial charge < -0.3 is 10.2 Å². The molecular weight excluding hydrogens is 282 g/mol. The van der Waals surface area contributed by atoms with Gasteiger partial charge in [0.05, 0.1) is 10.8 Å². The minimum absolute atomic E-state index is 0.130. The summed E-state index contributed by atoms with van der Waals surface area (Å²) in [6.07, 6.45) is 0. The number of benzene rings is 1. The second-order valence-electron chi connectivity index (χ2n) is 5.23. The van der Waals surface area contributed by atoms with Crippen LogP contribution in [-0.4, -0.2) is 10.2 Å². The summed E-state index contributed by atoms with van der Waals surface area (Å²) in [4.78, 5) is 0.950. The fourth-order valence-corrected chi connectivity index (χ4v) is 2.50. The molecule has 4 nitrogen and oxygen atoms in total. The van der Waals surface area contributed by atoms with Gasteiger partial charge in [-0.05, 0) is 18.2 Å². The van der Waals surface area contributed by atoms with Crippen molar-refractivity contribution in [3.8, 4) is 0 Å². The number of rotatable bonds is 3. The molecule has 0 aliphatic rings. The Bertz CT molecular complexity index is 578. The monoisotopic (exact) mass is 297 g/mol. The fourth-order valence-electron chi connectivity index (χ4n) is 1.39. The summed E-state index contributed by atoms with van der Waals surface area (Å²) in [6.45, 7) is 6.11. The zero-order valence-electron chi connectivity index (χ0n) is 11.1. The van der Waals surface area contributed by atoms with Gasteiger partial charge in [-0.2, -0.15) is 0 Å². The second kappa shape index (κ2) is 5.43. The van der Waals surface area contributed by atoms with Crippen LogP contribution in [0.3, 0.4) is 0 Å². The molecule has 0 spiro atoms. The molecule has 1 aromatic carbocycles. The van der Waals surface area contributed by atoms with E-state index in [4.69, 9.17) is 21.8 Å². The van der Waals surface area contributed by atoms with Crippen LogP contribution in [0.5, 0.6) is 0 Å². The van der Waals surface area contributed by atoms with E-state index in [-0.39, 0.29) is 5.41 Å². The van der Waals surface area contributed by atoms with Gasteiger partial charge in [-0.1, -0.05) is 32.4 Å². The number of hydrogen-bond acceptors (Lipinski definition) is 5. The summed E-state index contributed by atoms with van der Waals surface area (Å²) in [5, 5.41) is 8.73.